The van der Waals surface area contributed by atoms with Gasteiger partial charge in [0.15, 0.2) is 0 Å². The van der Waals surface area contributed by atoms with Crippen molar-refractivity contribution < 1.29 is 9.90 Å². The SMILES string of the molecule is CC(NCC(=O)O)c1ccc(Br)cc1. The molecule has 0 fully saturated rings. The number of carbonyl (C=O) groups is 1. The van der Waals surface area contributed by atoms with Crippen molar-refractivity contribution in [3.8, 4) is 0 Å². The highest BCUT2D eigenvalue weighted by Crippen LogP contribution is 2.15. The third-order valence-electron chi connectivity index (χ3n) is 1.93. The minimum absolute atomic E-state index is 0.0166. The lowest BCUT2D eigenvalue weighted by Gasteiger charge is -2.12. The summed E-state index contributed by atoms with van der Waals surface area (Å²) in [6.45, 7) is 1.92. The minimum atomic E-state index is -0.839. The second kappa shape index (κ2) is 5.12. The average Bonchev–Trinajstić information content (AvgIpc) is 2.15. The summed E-state index contributed by atoms with van der Waals surface area (Å²) in [7, 11) is 0. The van der Waals surface area contributed by atoms with Crippen molar-refractivity contribution in [2.75, 3.05) is 6.54 Å². The van der Waals surface area contributed by atoms with Crippen LogP contribution in [0.1, 0.15) is 18.5 Å². The molecule has 1 aromatic carbocycles. The lowest BCUT2D eigenvalue weighted by Crippen LogP contribution is -2.25. The lowest BCUT2D eigenvalue weighted by atomic mass is 10.1. The molecule has 0 saturated heterocycles. The van der Waals surface area contributed by atoms with E-state index in [0.717, 1.165) is 10.0 Å². The first-order valence-corrected chi connectivity index (χ1v) is 5.09. The Labute approximate surface area is 91.3 Å². The molecule has 0 aliphatic heterocycles. The van der Waals surface area contributed by atoms with Crippen molar-refractivity contribution in [2.45, 2.75) is 13.0 Å². The van der Waals surface area contributed by atoms with Gasteiger partial charge in [0.25, 0.3) is 0 Å². The summed E-state index contributed by atoms with van der Waals surface area (Å²) >= 11 is 3.34. The first-order chi connectivity index (χ1) is 6.59. The zero-order valence-electron chi connectivity index (χ0n) is 7.83. The second-order valence-electron chi connectivity index (χ2n) is 3.05. The first-order valence-electron chi connectivity index (χ1n) is 4.30. The topological polar surface area (TPSA) is 49.3 Å². The van der Waals surface area contributed by atoms with Crippen LogP contribution in [0.3, 0.4) is 0 Å². The first kappa shape index (κ1) is 11.2. The van der Waals surface area contributed by atoms with Crippen molar-refractivity contribution in [3.05, 3.63) is 34.3 Å². The summed E-state index contributed by atoms with van der Waals surface area (Å²) in [5, 5.41) is 11.4. The molecule has 14 heavy (non-hydrogen) atoms. The van der Waals surface area contributed by atoms with Crippen LogP contribution in [0.4, 0.5) is 0 Å². The summed E-state index contributed by atoms with van der Waals surface area (Å²) in [5.41, 5.74) is 1.08. The van der Waals surface area contributed by atoms with Crippen LogP contribution in [0.2, 0.25) is 0 Å². The lowest BCUT2D eigenvalue weighted by molar-refractivity contribution is -0.136. The van der Waals surface area contributed by atoms with Crippen LogP contribution in [-0.4, -0.2) is 17.6 Å². The molecule has 76 valence electrons. The van der Waals surface area contributed by atoms with Crippen LogP contribution in [0.25, 0.3) is 0 Å². The van der Waals surface area contributed by atoms with E-state index in [-0.39, 0.29) is 12.6 Å². The number of carboxylic acid groups (broad SMARTS) is 1. The van der Waals surface area contributed by atoms with E-state index in [4.69, 9.17) is 5.11 Å². The molecule has 1 atom stereocenters. The van der Waals surface area contributed by atoms with Crippen LogP contribution < -0.4 is 5.32 Å². The van der Waals surface area contributed by atoms with Crippen molar-refractivity contribution >= 4 is 21.9 Å². The zero-order valence-corrected chi connectivity index (χ0v) is 9.41. The van der Waals surface area contributed by atoms with Gasteiger partial charge in [-0.3, -0.25) is 4.79 Å². The molecule has 0 bridgehead atoms. The van der Waals surface area contributed by atoms with Crippen molar-refractivity contribution in [1.82, 2.24) is 5.32 Å². The van der Waals surface area contributed by atoms with E-state index < -0.39 is 5.97 Å². The summed E-state index contributed by atoms with van der Waals surface area (Å²) in [5.74, 6) is -0.839. The second-order valence-corrected chi connectivity index (χ2v) is 3.96. The third-order valence-corrected chi connectivity index (χ3v) is 2.46. The predicted molar refractivity (Wildman–Crippen MR) is 58.2 cm³/mol. The standard InChI is InChI=1S/C10H12BrNO2/c1-7(12-6-10(13)14)8-2-4-9(11)5-3-8/h2-5,7,12H,6H2,1H3,(H,13,14). The highest BCUT2D eigenvalue weighted by atomic mass is 79.9. The fourth-order valence-corrected chi connectivity index (χ4v) is 1.37. The number of nitrogens with one attached hydrogen (secondary N) is 1. The number of hydrogen-bond donors (Lipinski definition) is 2. The van der Waals surface area contributed by atoms with Gasteiger partial charge in [0, 0.05) is 10.5 Å². The molecule has 0 aliphatic carbocycles. The van der Waals surface area contributed by atoms with Gasteiger partial charge >= 0.3 is 5.97 Å². The van der Waals surface area contributed by atoms with Crippen LogP contribution in [0.5, 0.6) is 0 Å². The van der Waals surface area contributed by atoms with E-state index >= 15 is 0 Å². The average molecular weight is 258 g/mol. The van der Waals surface area contributed by atoms with Gasteiger partial charge in [0.1, 0.15) is 0 Å². The number of aliphatic carboxylic acids is 1. The summed E-state index contributed by atoms with van der Waals surface area (Å²) < 4.78 is 1.02. The number of carboxylic acids is 1. The molecule has 1 unspecified atom stereocenters. The molecule has 0 amide bonds. The van der Waals surface area contributed by atoms with E-state index in [1.54, 1.807) is 0 Å². The molecular formula is C10H12BrNO2. The Hall–Kier alpha value is -0.870. The van der Waals surface area contributed by atoms with Gasteiger partial charge in [-0.1, -0.05) is 28.1 Å². The third kappa shape index (κ3) is 3.47. The van der Waals surface area contributed by atoms with Gasteiger partial charge in [0.2, 0.25) is 0 Å². The molecule has 2 N–H and O–H groups in total. The zero-order chi connectivity index (χ0) is 10.6. The highest BCUT2D eigenvalue weighted by molar-refractivity contribution is 9.10. The molecule has 0 radical (unpaired) electrons. The Kier molecular flexibility index (Phi) is 4.10. The van der Waals surface area contributed by atoms with Gasteiger partial charge < -0.3 is 10.4 Å². The Balaban J connectivity index is 2.56. The van der Waals surface area contributed by atoms with Gasteiger partial charge in [-0.2, -0.15) is 0 Å². The number of halogens is 1. The molecule has 4 heteroatoms. The molecular weight excluding hydrogens is 246 g/mol. The van der Waals surface area contributed by atoms with Gasteiger partial charge in [0.05, 0.1) is 6.54 Å². The summed E-state index contributed by atoms with van der Waals surface area (Å²) in [6, 6.07) is 7.86. The highest BCUT2D eigenvalue weighted by Gasteiger charge is 2.05. The Bertz CT molecular complexity index is 310. The Morgan fingerprint density at radius 1 is 1.50 bits per heavy atom. The monoisotopic (exact) mass is 257 g/mol. The Morgan fingerprint density at radius 3 is 2.57 bits per heavy atom. The Morgan fingerprint density at radius 2 is 2.07 bits per heavy atom. The van der Waals surface area contributed by atoms with Gasteiger partial charge in [-0.15, -0.1) is 0 Å². The van der Waals surface area contributed by atoms with E-state index in [0.29, 0.717) is 0 Å². The smallest absolute Gasteiger partial charge is 0.317 e. The maximum atomic E-state index is 10.3. The molecule has 1 rings (SSSR count). The van der Waals surface area contributed by atoms with Crippen LogP contribution in [-0.2, 0) is 4.79 Å². The molecule has 3 nitrogen and oxygen atoms in total. The van der Waals surface area contributed by atoms with E-state index in [9.17, 15) is 4.79 Å². The molecule has 1 aromatic rings. The number of rotatable bonds is 4. The van der Waals surface area contributed by atoms with E-state index in [1.165, 1.54) is 0 Å². The van der Waals surface area contributed by atoms with Crippen LogP contribution >= 0.6 is 15.9 Å². The normalized spacial score (nSPS) is 12.4. The largest absolute Gasteiger partial charge is 0.480 e. The van der Waals surface area contributed by atoms with Gasteiger partial charge in [-0.25, -0.2) is 0 Å². The fourth-order valence-electron chi connectivity index (χ4n) is 1.11. The fraction of sp³-hybridized carbons (Fsp3) is 0.300. The van der Waals surface area contributed by atoms with Crippen molar-refractivity contribution in [3.63, 3.8) is 0 Å². The summed E-state index contributed by atoms with van der Waals surface area (Å²) in [4.78, 5) is 10.3. The van der Waals surface area contributed by atoms with Crippen molar-refractivity contribution in [2.24, 2.45) is 0 Å². The predicted octanol–water partition coefficient (Wildman–Crippen LogP) is 2.18. The quantitative estimate of drug-likeness (QED) is 0.870. The van der Waals surface area contributed by atoms with E-state index in [1.807, 2.05) is 31.2 Å². The molecule has 0 aromatic heterocycles. The minimum Gasteiger partial charge on any atom is -0.480 e. The number of benzene rings is 1. The van der Waals surface area contributed by atoms with Crippen LogP contribution in [0, 0.1) is 0 Å². The molecule has 0 heterocycles. The molecule has 0 aliphatic rings. The van der Waals surface area contributed by atoms with Crippen molar-refractivity contribution in [1.29, 1.82) is 0 Å². The molecule has 0 saturated carbocycles. The molecule has 0 spiro atoms. The van der Waals surface area contributed by atoms with Gasteiger partial charge in [-0.05, 0) is 24.6 Å². The number of hydrogen-bond acceptors (Lipinski definition) is 2. The maximum Gasteiger partial charge on any atom is 0.317 e. The maximum absolute atomic E-state index is 10.3. The van der Waals surface area contributed by atoms with Crippen LogP contribution in [0.15, 0.2) is 28.7 Å². The summed E-state index contributed by atoms with van der Waals surface area (Å²) in [6.07, 6.45) is 0. The van der Waals surface area contributed by atoms with E-state index in [2.05, 4.69) is 21.2 Å².